The fourth-order valence-electron chi connectivity index (χ4n) is 2.89. The van der Waals surface area contributed by atoms with E-state index in [1.165, 1.54) is 24.4 Å². The van der Waals surface area contributed by atoms with E-state index in [-0.39, 0.29) is 27.2 Å². The minimum atomic E-state index is -0.741. The molecule has 3 rings (SSSR count). The van der Waals surface area contributed by atoms with Crippen molar-refractivity contribution < 1.29 is 9.18 Å². The van der Waals surface area contributed by atoms with Crippen LogP contribution in [-0.4, -0.2) is 29.1 Å². The first-order valence-electron chi connectivity index (χ1n) is 9.80. The van der Waals surface area contributed by atoms with Crippen LogP contribution in [0.3, 0.4) is 0 Å². The molecule has 0 aliphatic rings. The highest BCUT2D eigenvalue weighted by Crippen LogP contribution is 2.33. The van der Waals surface area contributed by atoms with Crippen molar-refractivity contribution in [2.24, 2.45) is 5.73 Å². The first-order chi connectivity index (χ1) is 15.8. The number of nitrogens with one attached hydrogen (secondary N) is 4. The zero-order chi connectivity index (χ0) is 24.0. The van der Waals surface area contributed by atoms with Crippen LogP contribution in [0.5, 0.6) is 0 Å². The molecule has 0 fully saturated rings. The zero-order valence-corrected chi connectivity index (χ0v) is 19.4. The van der Waals surface area contributed by atoms with E-state index in [1.807, 2.05) is 0 Å². The summed E-state index contributed by atoms with van der Waals surface area (Å²) < 4.78 is 14.4. The lowest BCUT2D eigenvalue weighted by Gasteiger charge is -2.11. The van der Waals surface area contributed by atoms with Gasteiger partial charge in [-0.15, -0.1) is 0 Å². The van der Waals surface area contributed by atoms with Gasteiger partial charge in [-0.1, -0.05) is 46.9 Å². The summed E-state index contributed by atoms with van der Waals surface area (Å²) in [5, 5.41) is 8.52. The number of rotatable bonds is 8. The molecule has 0 bridgehead atoms. The Balaban J connectivity index is 1.69. The van der Waals surface area contributed by atoms with Gasteiger partial charge >= 0.3 is 6.03 Å². The summed E-state index contributed by atoms with van der Waals surface area (Å²) in [6, 6.07) is 6.57. The molecule has 2 amide bonds. The molecule has 1 aromatic heterocycles. The molecule has 0 radical (unpaired) electrons. The van der Waals surface area contributed by atoms with Crippen LogP contribution in [0.1, 0.15) is 12.0 Å². The molecule has 0 atom stereocenters. The van der Waals surface area contributed by atoms with Gasteiger partial charge in [-0.2, -0.15) is 4.98 Å². The van der Waals surface area contributed by atoms with E-state index in [0.29, 0.717) is 35.8 Å². The normalized spacial score (nSPS) is 10.8. The highest BCUT2D eigenvalue weighted by Gasteiger charge is 2.14. The summed E-state index contributed by atoms with van der Waals surface area (Å²) in [7, 11) is 0. The van der Waals surface area contributed by atoms with E-state index in [2.05, 4.69) is 25.9 Å². The Labute approximate surface area is 203 Å². The highest BCUT2D eigenvalue weighted by molar-refractivity contribution is 6.42. The third-order valence-electron chi connectivity index (χ3n) is 4.51. The van der Waals surface area contributed by atoms with E-state index in [0.717, 1.165) is 6.42 Å². The first kappa shape index (κ1) is 24.9. The molecule has 6 N–H and O–H groups in total. The minimum absolute atomic E-state index is 0.122. The number of H-pyrrole nitrogens is 1. The maximum absolute atomic E-state index is 14.4. The molecule has 0 aliphatic heterocycles. The number of hydrogen-bond acceptors (Lipinski definition) is 5. The number of urea groups is 1. The van der Waals surface area contributed by atoms with Crippen molar-refractivity contribution >= 4 is 52.5 Å². The van der Waals surface area contributed by atoms with Crippen LogP contribution in [0.2, 0.25) is 15.1 Å². The van der Waals surface area contributed by atoms with E-state index >= 15 is 0 Å². The van der Waals surface area contributed by atoms with Gasteiger partial charge in [-0.3, -0.25) is 10.1 Å². The van der Waals surface area contributed by atoms with Crippen LogP contribution in [0, 0.1) is 5.82 Å². The molecule has 1 heterocycles. The van der Waals surface area contributed by atoms with Crippen LogP contribution in [0.15, 0.2) is 41.3 Å². The summed E-state index contributed by atoms with van der Waals surface area (Å²) in [6.07, 6.45) is 2.13. The van der Waals surface area contributed by atoms with Crippen LogP contribution in [0.25, 0.3) is 11.1 Å². The standard InChI is InChI=1S/C21H20Cl3FN6O2/c22-13-7-15(23)18(16(24)8-13)29-21(33)31-20-28-10-14(19(32)30-20)11-2-3-12(17(25)6-11)9-27-5-1-4-26/h2-3,6-8,10,27H,1,4-5,9,26H2,(H3,28,29,30,31,32,33). The number of carbonyl (C=O) groups is 1. The van der Waals surface area contributed by atoms with Gasteiger partial charge < -0.3 is 21.4 Å². The molecule has 0 aliphatic carbocycles. The summed E-state index contributed by atoms with van der Waals surface area (Å²) in [6.45, 7) is 1.58. The molecular weight excluding hydrogens is 494 g/mol. The van der Waals surface area contributed by atoms with Crippen LogP contribution in [-0.2, 0) is 6.54 Å². The van der Waals surface area contributed by atoms with Gasteiger partial charge in [0, 0.05) is 23.3 Å². The zero-order valence-electron chi connectivity index (χ0n) is 17.1. The Kier molecular flexibility index (Phi) is 8.65. The smallest absolute Gasteiger partial charge is 0.326 e. The molecule has 0 spiro atoms. The van der Waals surface area contributed by atoms with Crippen molar-refractivity contribution in [3.63, 3.8) is 0 Å². The van der Waals surface area contributed by atoms with E-state index in [9.17, 15) is 14.0 Å². The van der Waals surface area contributed by atoms with Gasteiger partial charge in [0.25, 0.3) is 5.56 Å². The molecule has 3 aromatic rings. The second kappa shape index (κ2) is 11.4. The average molecular weight is 514 g/mol. The lowest BCUT2D eigenvalue weighted by molar-refractivity contribution is 0.262. The van der Waals surface area contributed by atoms with Crippen molar-refractivity contribution in [2.75, 3.05) is 23.7 Å². The third-order valence-corrected chi connectivity index (χ3v) is 5.33. The molecule has 0 saturated heterocycles. The predicted molar refractivity (Wildman–Crippen MR) is 130 cm³/mol. The second-order valence-electron chi connectivity index (χ2n) is 6.92. The van der Waals surface area contributed by atoms with E-state index in [1.54, 1.807) is 12.1 Å². The molecule has 2 aromatic carbocycles. The van der Waals surface area contributed by atoms with Crippen molar-refractivity contribution in [3.05, 3.63) is 73.3 Å². The Morgan fingerprint density at radius 1 is 1.12 bits per heavy atom. The number of hydrogen-bond donors (Lipinski definition) is 5. The van der Waals surface area contributed by atoms with Crippen molar-refractivity contribution in [2.45, 2.75) is 13.0 Å². The quantitative estimate of drug-likeness (QED) is 0.281. The van der Waals surface area contributed by atoms with Crippen molar-refractivity contribution in [1.29, 1.82) is 0 Å². The number of carbonyl (C=O) groups excluding carboxylic acids is 1. The van der Waals surface area contributed by atoms with Gasteiger partial charge in [0.1, 0.15) is 5.82 Å². The molecule has 0 unspecified atom stereocenters. The number of halogens is 4. The molecule has 174 valence electrons. The number of nitrogens with two attached hydrogens (primary N) is 1. The summed E-state index contributed by atoms with van der Waals surface area (Å²) >= 11 is 17.9. The van der Waals surface area contributed by atoms with Crippen LogP contribution >= 0.6 is 34.8 Å². The maximum Gasteiger partial charge on any atom is 0.326 e. The highest BCUT2D eigenvalue weighted by atomic mass is 35.5. The molecule has 12 heteroatoms. The van der Waals surface area contributed by atoms with Crippen molar-refractivity contribution in [3.8, 4) is 11.1 Å². The Morgan fingerprint density at radius 3 is 2.48 bits per heavy atom. The van der Waals surface area contributed by atoms with Gasteiger partial charge in [0.05, 0.1) is 21.3 Å². The van der Waals surface area contributed by atoms with Gasteiger partial charge in [0.2, 0.25) is 5.95 Å². The Morgan fingerprint density at radius 2 is 1.85 bits per heavy atom. The summed E-state index contributed by atoms with van der Waals surface area (Å²) in [5.74, 6) is -0.575. The number of nitrogens with zero attached hydrogens (tertiary/aromatic N) is 1. The molecular formula is C21H20Cl3FN6O2. The van der Waals surface area contributed by atoms with Crippen LogP contribution in [0.4, 0.5) is 20.8 Å². The fraction of sp³-hybridized carbons (Fsp3) is 0.190. The average Bonchev–Trinajstić information content (AvgIpc) is 2.75. The Hall–Kier alpha value is -2.69. The van der Waals surface area contributed by atoms with Gasteiger partial charge in [-0.05, 0) is 43.3 Å². The van der Waals surface area contributed by atoms with Crippen molar-refractivity contribution in [1.82, 2.24) is 15.3 Å². The molecule has 33 heavy (non-hydrogen) atoms. The lowest BCUT2D eigenvalue weighted by atomic mass is 10.1. The monoisotopic (exact) mass is 512 g/mol. The van der Waals surface area contributed by atoms with E-state index < -0.39 is 17.4 Å². The summed E-state index contributed by atoms with van der Waals surface area (Å²) in [4.78, 5) is 31.2. The fourth-order valence-corrected chi connectivity index (χ4v) is 3.80. The minimum Gasteiger partial charge on any atom is -0.331 e. The molecule has 8 nitrogen and oxygen atoms in total. The number of benzene rings is 2. The van der Waals surface area contributed by atoms with Crippen LogP contribution < -0.4 is 27.2 Å². The number of anilines is 2. The van der Waals surface area contributed by atoms with Gasteiger partial charge in [-0.25, -0.2) is 9.18 Å². The van der Waals surface area contributed by atoms with E-state index in [4.69, 9.17) is 40.5 Å². The number of aromatic amines is 1. The number of amides is 2. The second-order valence-corrected chi connectivity index (χ2v) is 8.17. The largest absolute Gasteiger partial charge is 0.331 e. The predicted octanol–water partition coefficient (Wildman–Crippen LogP) is 4.62. The topological polar surface area (TPSA) is 125 Å². The third kappa shape index (κ3) is 6.66. The van der Waals surface area contributed by atoms with Gasteiger partial charge in [0.15, 0.2) is 0 Å². The first-order valence-corrected chi connectivity index (χ1v) is 10.9. The Bertz CT molecular complexity index is 1200. The number of aromatic nitrogens is 2. The maximum atomic E-state index is 14.4. The SMILES string of the molecule is NCCCNCc1ccc(-c2c[nH]c(NC(=O)Nc3c(Cl)cc(Cl)cc3Cl)nc2=O)cc1F. The lowest BCUT2D eigenvalue weighted by Crippen LogP contribution is -2.23. The summed E-state index contributed by atoms with van der Waals surface area (Å²) in [5.41, 5.74) is 5.89. The molecule has 0 saturated carbocycles.